The number of furan rings is 1. The summed E-state index contributed by atoms with van der Waals surface area (Å²) in [6, 6.07) is 2.91. The highest BCUT2D eigenvalue weighted by molar-refractivity contribution is 7.96. The third-order valence-corrected chi connectivity index (χ3v) is 9.79. The third-order valence-electron chi connectivity index (χ3n) is 9.46. The number of alkyl halides is 2. The van der Waals surface area contributed by atoms with Gasteiger partial charge in [-0.2, -0.15) is 0 Å². The number of carbonyl (C=O) groups excluding carboxylic acids is 3. The number of esters is 1. The van der Waals surface area contributed by atoms with Gasteiger partial charge in [0.15, 0.2) is 17.1 Å². The number of aliphatic hydroxyl groups is 1. The second-order valence-corrected chi connectivity index (χ2v) is 11.3. The smallest absolute Gasteiger partial charge is 0.375 e. The topological polar surface area (TPSA) is 93.8 Å². The molecule has 0 aromatic carbocycles. The molecule has 0 radical (unpaired) electrons. The molecule has 1 aromatic rings. The molecule has 2 unspecified atom stereocenters. The number of fused-ring (bicyclic) bond motifs is 5. The lowest BCUT2D eigenvalue weighted by atomic mass is 9.44. The number of rotatable bonds is 3. The van der Waals surface area contributed by atoms with Crippen LogP contribution in [0.5, 0.6) is 0 Å². The Balaban J connectivity index is 1.62. The Kier molecular flexibility index (Phi) is 5.32. The number of ether oxygens (including phenoxy) is 1. The molecule has 6 nitrogen and oxygen atoms in total. The Bertz CT molecular complexity index is 1160. The van der Waals surface area contributed by atoms with E-state index < -0.39 is 69.0 Å². The van der Waals surface area contributed by atoms with Crippen molar-refractivity contribution in [3.8, 4) is 0 Å². The van der Waals surface area contributed by atoms with Crippen molar-refractivity contribution in [1.82, 2.24) is 0 Å². The molecule has 35 heavy (non-hydrogen) atoms. The maximum atomic E-state index is 17.3. The molecule has 9 heteroatoms. The van der Waals surface area contributed by atoms with Crippen molar-refractivity contribution >= 4 is 29.5 Å². The number of hydrogen-bond donors (Lipinski definition) is 2. The summed E-state index contributed by atoms with van der Waals surface area (Å²) in [5.74, 6) is -3.57. The van der Waals surface area contributed by atoms with E-state index in [4.69, 9.17) is 9.15 Å². The molecule has 4 aliphatic rings. The first-order valence-corrected chi connectivity index (χ1v) is 12.2. The highest BCUT2D eigenvalue weighted by Crippen LogP contribution is 2.71. The molecule has 188 valence electrons. The van der Waals surface area contributed by atoms with Crippen molar-refractivity contribution in [3.05, 3.63) is 48.0 Å². The van der Waals surface area contributed by atoms with Crippen LogP contribution in [0.2, 0.25) is 0 Å². The van der Waals surface area contributed by atoms with Crippen molar-refractivity contribution in [1.29, 1.82) is 0 Å². The zero-order valence-electron chi connectivity index (χ0n) is 19.7. The van der Waals surface area contributed by atoms with Crippen LogP contribution in [0.3, 0.4) is 0 Å². The molecule has 0 bridgehead atoms. The minimum Gasteiger partial charge on any atom is -0.457 e. The minimum atomic E-state index is -2.29. The summed E-state index contributed by atoms with van der Waals surface area (Å²) in [6.45, 7) is 4.93. The zero-order valence-corrected chi connectivity index (χ0v) is 20.6. The van der Waals surface area contributed by atoms with E-state index in [9.17, 15) is 19.5 Å². The number of aliphatic hydroxyl groups excluding tert-OH is 1. The molecule has 4 aliphatic carbocycles. The summed E-state index contributed by atoms with van der Waals surface area (Å²) in [5.41, 5.74) is -6.80. The predicted octanol–water partition coefficient (Wildman–Crippen LogP) is 4.20. The standard InChI is InChI=1S/C26H28F2O6S/c1-13-9-15-16-11-18(27)17-10-14(29)6-7-23(17,2)25(16,28)20(30)12-24(15,3)26(13,22(32)35)34-21(31)19-5-4-8-33-19/h4-8,10,13,15-16,18,20,30H,9,11-12H2,1-3H3,(H,32,35)/t13-,15?,16?,18+,20+,23+,24+,25+,26+/m1/s1. The molecular formula is C26H28F2O6S. The first-order valence-electron chi connectivity index (χ1n) is 11.8. The summed E-state index contributed by atoms with van der Waals surface area (Å²) in [7, 11) is 0. The summed E-state index contributed by atoms with van der Waals surface area (Å²) in [5, 5.41) is 10.7. The van der Waals surface area contributed by atoms with Gasteiger partial charge in [-0.15, -0.1) is 12.6 Å². The second-order valence-electron chi connectivity index (χ2n) is 10.9. The molecule has 9 atom stereocenters. The molecule has 3 fully saturated rings. The van der Waals surface area contributed by atoms with Crippen LogP contribution < -0.4 is 0 Å². The number of carbonyl (C=O) groups is 3. The van der Waals surface area contributed by atoms with Gasteiger partial charge < -0.3 is 14.3 Å². The summed E-state index contributed by atoms with van der Waals surface area (Å²) in [6.07, 6.45) is 1.58. The van der Waals surface area contributed by atoms with Crippen LogP contribution in [-0.2, 0) is 14.3 Å². The molecule has 3 saturated carbocycles. The molecule has 0 amide bonds. The van der Waals surface area contributed by atoms with E-state index in [0.717, 1.165) is 6.08 Å². The van der Waals surface area contributed by atoms with Crippen LogP contribution in [-0.4, -0.2) is 45.5 Å². The quantitative estimate of drug-likeness (QED) is 0.472. The van der Waals surface area contributed by atoms with E-state index in [0.29, 0.717) is 0 Å². The molecule has 5 rings (SSSR count). The number of thiol groups is 1. The fraction of sp³-hybridized carbons (Fsp3) is 0.577. The van der Waals surface area contributed by atoms with Gasteiger partial charge in [0, 0.05) is 22.7 Å². The second kappa shape index (κ2) is 7.62. The molecule has 1 heterocycles. The average Bonchev–Trinajstić information content (AvgIpc) is 3.39. The first-order chi connectivity index (χ1) is 16.3. The Hall–Kier alpha value is -2.26. The third kappa shape index (κ3) is 2.88. The van der Waals surface area contributed by atoms with Gasteiger partial charge in [0.25, 0.3) is 0 Å². The Morgan fingerprint density at radius 1 is 1.26 bits per heavy atom. The molecule has 0 aliphatic heterocycles. The maximum Gasteiger partial charge on any atom is 0.375 e. The van der Waals surface area contributed by atoms with Crippen LogP contribution >= 0.6 is 12.6 Å². The Morgan fingerprint density at radius 2 is 1.97 bits per heavy atom. The van der Waals surface area contributed by atoms with Crippen molar-refractivity contribution in [2.75, 3.05) is 0 Å². The predicted molar refractivity (Wildman–Crippen MR) is 124 cm³/mol. The van der Waals surface area contributed by atoms with Gasteiger partial charge in [-0.1, -0.05) is 19.9 Å². The van der Waals surface area contributed by atoms with Crippen LogP contribution in [0.1, 0.15) is 50.6 Å². The fourth-order valence-corrected chi connectivity index (χ4v) is 8.35. The Labute approximate surface area is 207 Å². The highest BCUT2D eigenvalue weighted by Gasteiger charge is 2.78. The molecule has 0 spiro atoms. The molecule has 1 aromatic heterocycles. The molecule has 1 N–H and O–H groups in total. The fourth-order valence-electron chi connectivity index (χ4n) is 7.83. The van der Waals surface area contributed by atoms with Gasteiger partial charge in [-0.3, -0.25) is 9.59 Å². The van der Waals surface area contributed by atoms with Crippen molar-refractivity contribution in [2.45, 2.75) is 63.6 Å². The maximum absolute atomic E-state index is 17.3. The minimum absolute atomic E-state index is 0.0261. The largest absolute Gasteiger partial charge is 0.457 e. The van der Waals surface area contributed by atoms with Crippen LogP contribution in [0.25, 0.3) is 0 Å². The van der Waals surface area contributed by atoms with Crippen LogP contribution in [0.15, 0.2) is 46.6 Å². The van der Waals surface area contributed by atoms with Gasteiger partial charge in [0.2, 0.25) is 10.9 Å². The van der Waals surface area contributed by atoms with Crippen molar-refractivity contribution < 1.29 is 37.4 Å². The lowest BCUT2D eigenvalue weighted by Crippen LogP contribution is -2.70. The highest BCUT2D eigenvalue weighted by atomic mass is 32.1. The van der Waals surface area contributed by atoms with Gasteiger partial charge >= 0.3 is 5.97 Å². The summed E-state index contributed by atoms with van der Waals surface area (Å²) < 4.78 is 43.8. The van der Waals surface area contributed by atoms with E-state index in [-0.39, 0.29) is 30.6 Å². The summed E-state index contributed by atoms with van der Waals surface area (Å²) >= 11 is 4.11. The number of hydrogen-bond acceptors (Lipinski definition) is 6. The monoisotopic (exact) mass is 506 g/mol. The first kappa shape index (κ1) is 24.4. The van der Waals surface area contributed by atoms with E-state index in [2.05, 4.69) is 12.6 Å². The number of ketones is 1. The van der Waals surface area contributed by atoms with Crippen LogP contribution in [0, 0.1) is 28.6 Å². The van der Waals surface area contributed by atoms with Gasteiger partial charge in [-0.05, 0) is 62.0 Å². The van der Waals surface area contributed by atoms with E-state index in [1.165, 1.54) is 37.5 Å². The van der Waals surface area contributed by atoms with Gasteiger partial charge in [-0.25, -0.2) is 13.6 Å². The molecule has 0 saturated heterocycles. The Morgan fingerprint density at radius 3 is 2.60 bits per heavy atom. The van der Waals surface area contributed by atoms with E-state index in [1.54, 1.807) is 13.8 Å². The van der Waals surface area contributed by atoms with E-state index in [1.807, 2.05) is 0 Å². The van der Waals surface area contributed by atoms with Gasteiger partial charge in [0.05, 0.1) is 12.4 Å². The van der Waals surface area contributed by atoms with Gasteiger partial charge in [0.1, 0.15) is 6.17 Å². The summed E-state index contributed by atoms with van der Waals surface area (Å²) in [4.78, 5) is 38.0. The average molecular weight is 507 g/mol. The lowest BCUT2D eigenvalue weighted by molar-refractivity contribution is -0.221. The lowest BCUT2D eigenvalue weighted by Gasteiger charge is -2.63. The normalized spacial score (nSPS) is 46.3. The zero-order chi connectivity index (χ0) is 25.6. The SMILES string of the molecule is C[C@@H]1CC2C3C[C@H](F)C4=CC(=O)C=C[C@]4(C)[C@@]3(F)[C@@H](O)C[C@]2(C)[C@@]1(OC(=O)c1ccco1)C(=O)S. The number of halogens is 2. The van der Waals surface area contributed by atoms with E-state index >= 15 is 8.78 Å². The van der Waals surface area contributed by atoms with Crippen molar-refractivity contribution in [3.63, 3.8) is 0 Å². The van der Waals surface area contributed by atoms with Crippen LogP contribution in [0.4, 0.5) is 8.78 Å². The molecular weight excluding hydrogens is 478 g/mol. The van der Waals surface area contributed by atoms with Crippen molar-refractivity contribution in [2.24, 2.45) is 28.6 Å². The number of allylic oxidation sites excluding steroid dienone is 4.